The lowest BCUT2D eigenvalue weighted by Crippen LogP contribution is -2.30. The van der Waals surface area contributed by atoms with Crippen LogP contribution in [-0.4, -0.2) is 37.2 Å². The number of esters is 3. The Kier molecular flexibility index (Phi) is 45.6. The fourth-order valence-corrected chi connectivity index (χ4v) is 6.15. The van der Waals surface area contributed by atoms with E-state index in [0.29, 0.717) is 19.3 Å². The van der Waals surface area contributed by atoms with Gasteiger partial charge in [0.25, 0.3) is 0 Å². The van der Waals surface area contributed by atoms with Crippen molar-refractivity contribution >= 4 is 17.9 Å². The lowest BCUT2D eigenvalue weighted by atomic mass is 10.1. The van der Waals surface area contributed by atoms with Crippen molar-refractivity contribution in [2.24, 2.45) is 0 Å². The maximum Gasteiger partial charge on any atom is 0.306 e. The average molecular weight is 845 g/mol. The van der Waals surface area contributed by atoms with Gasteiger partial charge in [-0.2, -0.15) is 0 Å². The largest absolute Gasteiger partial charge is 0.462 e. The fourth-order valence-electron chi connectivity index (χ4n) is 6.15. The van der Waals surface area contributed by atoms with Crippen LogP contribution in [0.2, 0.25) is 0 Å². The van der Waals surface area contributed by atoms with E-state index in [0.717, 1.165) is 103 Å². The third kappa shape index (κ3) is 47.0. The molecule has 0 N–H and O–H groups in total. The number of unbranched alkanes of at least 4 members (excludes halogenated alkanes) is 13. The van der Waals surface area contributed by atoms with Gasteiger partial charge < -0.3 is 14.2 Å². The molecule has 1 atom stereocenters. The molecule has 0 aromatic carbocycles. The molecule has 0 radical (unpaired) electrons. The van der Waals surface area contributed by atoms with Gasteiger partial charge in [0.15, 0.2) is 6.10 Å². The van der Waals surface area contributed by atoms with Gasteiger partial charge in [0.1, 0.15) is 13.2 Å². The number of carbonyl (C=O) groups excluding carboxylic acids is 3. The summed E-state index contributed by atoms with van der Waals surface area (Å²) >= 11 is 0. The summed E-state index contributed by atoms with van der Waals surface area (Å²) in [5.41, 5.74) is 0. The van der Waals surface area contributed by atoms with Crippen LogP contribution in [0.4, 0.5) is 0 Å². The summed E-state index contributed by atoms with van der Waals surface area (Å²) < 4.78 is 16.5. The summed E-state index contributed by atoms with van der Waals surface area (Å²) in [6.07, 6.45) is 65.5. The first-order valence-corrected chi connectivity index (χ1v) is 24.4. The van der Waals surface area contributed by atoms with E-state index in [-0.39, 0.29) is 37.5 Å². The summed E-state index contributed by atoms with van der Waals surface area (Å²) in [6, 6.07) is 0. The third-order valence-corrected chi connectivity index (χ3v) is 9.79. The zero-order valence-electron chi connectivity index (χ0n) is 39.1. The van der Waals surface area contributed by atoms with E-state index in [9.17, 15) is 14.4 Å². The van der Waals surface area contributed by atoms with E-state index >= 15 is 0 Å². The van der Waals surface area contributed by atoms with Crippen molar-refractivity contribution in [3.8, 4) is 0 Å². The van der Waals surface area contributed by atoms with Crippen LogP contribution in [0.3, 0.4) is 0 Å². The SMILES string of the molecule is CC/C=C\C/C=C\C/C=C\C/C=C\C/C=C\C/C=C\C/C=C\C/C=C\C/C=C\CCCC(=O)OCC(COC(=O)CCCCCCCCC)OC(=O)CCCCCCCCC. The van der Waals surface area contributed by atoms with Crippen LogP contribution < -0.4 is 0 Å². The van der Waals surface area contributed by atoms with Gasteiger partial charge in [0.2, 0.25) is 0 Å². The van der Waals surface area contributed by atoms with Crippen LogP contribution in [0.25, 0.3) is 0 Å². The Morgan fingerprint density at radius 2 is 0.639 bits per heavy atom. The highest BCUT2D eigenvalue weighted by Crippen LogP contribution is 2.12. The second kappa shape index (κ2) is 48.7. The molecule has 0 aliphatic rings. The summed E-state index contributed by atoms with van der Waals surface area (Å²) in [7, 11) is 0. The maximum absolute atomic E-state index is 12.6. The van der Waals surface area contributed by atoms with Crippen molar-refractivity contribution in [2.45, 2.75) is 207 Å². The Bertz CT molecular complexity index is 1290. The van der Waals surface area contributed by atoms with Gasteiger partial charge in [-0.05, 0) is 83.5 Å². The molecule has 61 heavy (non-hydrogen) atoms. The third-order valence-electron chi connectivity index (χ3n) is 9.79. The number of rotatable bonds is 42. The molecular formula is C55H88O6. The molecule has 6 nitrogen and oxygen atoms in total. The molecule has 344 valence electrons. The van der Waals surface area contributed by atoms with Gasteiger partial charge in [-0.3, -0.25) is 14.4 Å². The maximum atomic E-state index is 12.6. The van der Waals surface area contributed by atoms with E-state index in [1.807, 2.05) is 0 Å². The van der Waals surface area contributed by atoms with Crippen LogP contribution >= 0.6 is 0 Å². The molecule has 0 aromatic rings. The number of hydrogen-bond donors (Lipinski definition) is 0. The molecule has 0 rings (SSSR count). The second-order valence-electron chi connectivity index (χ2n) is 15.6. The first kappa shape index (κ1) is 57.1. The molecule has 0 bridgehead atoms. The van der Waals surface area contributed by atoms with E-state index in [4.69, 9.17) is 14.2 Å². The van der Waals surface area contributed by atoms with Crippen molar-refractivity contribution in [1.82, 2.24) is 0 Å². The quantitative estimate of drug-likeness (QED) is 0.0264. The summed E-state index contributed by atoms with van der Waals surface area (Å²) in [6.45, 7) is 6.35. The van der Waals surface area contributed by atoms with Crippen LogP contribution in [-0.2, 0) is 28.6 Å². The van der Waals surface area contributed by atoms with Gasteiger partial charge in [-0.15, -0.1) is 0 Å². The molecule has 0 spiro atoms. The number of hydrogen-bond acceptors (Lipinski definition) is 6. The Balaban J connectivity index is 4.22. The highest BCUT2D eigenvalue weighted by molar-refractivity contribution is 5.71. The molecule has 1 unspecified atom stereocenters. The Morgan fingerprint density at radius 3 is 1.00 bits per heavy atom. The Morgan fingerprint density at radius 1 is 0.344 bits per heavy atom. The molecule has 0 fully saturated rings. The van der Waals surface area contributed by atoms with Gasteiger partial charge in [-0.25, -0.2) is 0 Å². The van der Waals surface area contributed by atoms with Crippen molar-refractivity contribution in [1.29, 1.82) is 0 Å². The minimum atomic E-state index is -0.794. The standard InChI is InChI=1S/C55H88O6/c1-4-7-10-13-16-17-18-19-20-21-22-23-24-25-26-27-28-29-30-31-32-33-34-35-36-37-40-42-45-48-54(57)60-51-52(61-55(58)49-46-43-39-15-12-9-6-3)50-59-53(56)47-44-41-38-14-11-8-5-2/h7,10,16-17,19-20,22-23,25-26,28-29,31-32,34-35,37,40,52H,4-6,8-9,11-15,18,21,24,27,30,33,36,38-39,41-51H2,1-3H3/b10-7-,17-16-,20-19-,23-22-,26-25-,29-28-,32-31-,35-34-,40-37-. The minimum Gasteiger partial charge on any atom is -0.462 e. The molecule has 0 aliphatic carbocycles. The predicted octanol–water partition coefficient (Wildman–Crippen LogP) is 16.0. The summed E-state index contributed by atoms with van der Waals surface area (Å²) in [4.78, 5) is 37.4. The monoisotopic (exact) mass is 845 g/mol. The van der Waals surface area contributed by atoms with Crippen LogP contribution in [0.15, 0.2) is 109 Å². The number of allylic oxidation sites excluding steroid dienone is 18. The van der Waals surface area contributed by atoms with Gasteiger partial charge in [0, 0.05) is 19.3 Å². The smallest absolute Gasteiger partial charge is 0.306 e. The molecule has 0 saturated heterocycles. The molecular weight excluding hydrogens is 757 g/mol. The number of ether oxygens (including phenoxy) is 3. The van der Waals surface area contributed by atoms with Gasteiger partial charge >= 0.3 is 17.9 Å². The first-order valence-electron chi connectivity index (χ1n) is 24.4. The minimum absolute atomic E-state index is 0.0963. The van der Waals surface area contributed by atoms with E-state index in [2.05, 4.69) is 130 Å². The summed E-state index contributed by atoms with van der Waals surface area (Å²) in [5.74, 6) is -0.983. The van der Waals surface area contributed by atoms with E-state index in [1.54, 1.807) is 0 Å². The normalized spacial score (nSPS) is 13.0. The van der Waals surface area contributed by atoms with Crippen molar-refractivity contribution in [2.75, 3.05) is 13.2 Å². The van der Waals surface area contributed by atoms with Crippen LogP contribution in [0.5, 0.6) is 0 Å². The fraction of sp³-hybridized carbons (Fsp3) is 0.618. The van der Waals surface area contributed by atoms with E-state index < -0.39 is 6.10 Å². The second-order valence-corrected chi connectivity index (χ2v) is 15.6. The Hall–Kier alpha value is -3.93. The average Bonchev–Trinajstić information content (AvgIpc) is 3.26. The molecule has 0 heterocycles. The highest BCUT2D eigenvalue weighted by Gasteiger charge is 2.19. The molecule has 0 aliphatic heterocycles. The highest BCUT2D eigenvalue weighted by atomic mass is 16.6. The first-order chi connectivity index (χ1) is 30.0. The Labute approximate surface area is 374 Å². The van der Waals surface area contributed by atoms with Crippen LogP contribution in [0.1, 0.15) is 201 Å². The lowest BCUT2D eigenvalue weighted by molar-refractivity contribution is -0.167. The topological polar surface area (TPSA) is 78.9 Å². The number of carbonyl (C=O) groups is 3. The molecule has 6 heteroatoms. The summed E-state index contributed by atoms with van der Waals surface area (Å²) in [5, 5.41) is 0. The van der Waals surface area contributed by atoms with Crippen molar-refractivity contribution < 1.29 is 28.6 Å². The molecule has 0 amide bonds. The predicted molar refractivity (Wildman–Crippen MR) is 260 cm³/mol. The van der Waals surface area contributed by atoms with Gasteiger partial charge in [0.05, 0.1) is 0 Å². The molecule has 0 saturated carbocycles. The molecule has 0 aromatic heterocycles. The van der Waals surface area contributed by atoms with E-state index in [1.165, 1.54) is 51.4 Å². The lowest BCUT2D eigenvalue weighted by Gasteiger charge is -2.18. The zero-order valence-corrected chi connectivity index (χ0v) is 39.1. The van der Waals surface area contributed by atoms with Gasteiger partial charge in [-0.1, -0.05) is 207 Å². The van der Waals surface area contributed by atoms with Crippen molar-refractivity contribution in [3.05, 3.63) is 109 Å². The van der Waals surface area contributed by atoms with Crippen molar-refractivity contribution in [3.63, 3.8) is 0 Å². The zero-order chi connectivity index (χ0) is 44.4. The van der Waals surface area contributed by atoms with Crippen LogP contribution in [0, 0.1) is 0 Å².